The van der Waals surface area contributed by atoms with Gasteiger partial charge in [-0.25, -0.2) is 0 Å². The lowest BCUT2D eigenvalue weighted by Gasteiger charge is -2.05. The Morgan fingerprint density at radius 3 is 3.00 bits per heavy atom. The molecule has 1 aromatic rings. The minimum Gasteiger partial charge on any atom is -0.492 e. The van der Waals surface area contributed by atoms with Crippen molar-refractivity contribution in [1.29, 1.82) is 0 Å². The normalized spacial score (nSPS) is 12.9. The highest BCUT2D eigenvalue weighted by Gasteiger charge is 1.95. The van der Waals surface area contributed by atoms with Crippen LogP contribution in [0.5, 0.6) is 5.75 Å². The molecule has 1 N–H and O–H groups in total. The van der Waals surface area contributed by atoms with Crippen LogP contribution in [0.15, 0.2) is 24.5 Å². The summed E-state index contributed by atoms with van der Waals surface area (Å²) in [7, 11) is 1.97. The van der Waals surface area contributed by atoms with Crippen LogP contribution in [0.4, 0.5) is 0 Å². The van der Waals surface area contributed by atoms with E-state index in [1.54, 1.807) is 6.20 Å². The van der Waals surface area contributed by atoms with E-state index in [4.69, 9.17) is 4.74 Å². The van der Waals surface area contributed by atoms with Gasteiger partial charge < -0.3 is 10.1 Å². The third-order valence-electron chi connectivity index (χ3n) is 2.34. The van der Waals surface area contributed by atoms with Crippen LogP contribution in [-0.4, -0.2) is 24.7 Å². The fraction of sp³-hybridized carbons (Fsp3) is 0.462. The summed E-state index contributed by atoms with van der Waals surface area (Å²) in [6, 6.07) is 2.50. The van der Waals surface area contributed by atoms with Crippen LogP contribution in [0, 0.1) is 0 Å². The van der Waals surface area contributed by atoms with Crippen molar-refractivity contribution in [3.05, 3.63) is 30.1 Å². The number of rotatable bonds is 6. The van der Waals surface area contributed by atoms with Crippen molar-refractivity contribution in [3.8, 4) is 5.75 Å². The van der Waals surface area contributed by atoms with Gasteiger partial charge in [-0.1, -0.05) is 12.2 Å². The molecular formula is C13H20N2O. The Kier molecular flexibility index (Phi) is 5.57. The van der Waals surface area contributed by atoms with Crippen LogP contribution >= 0.6 is 0 Å². The molecule has 0 bridgehead atoms. The predicted octanol–water partition coefficient (Wildman–Crippen LogP) is 2.49. The van der Waals surface area contributed by atoms with Crippen molar-refractivity contribution in [3.63, 3.8) is 0 Å². The van der Waals surface area contributed by atoms with Gasteiger partial charge in [-0.2, -0.15) is 0 Å². The zero-order valence-corrected chi connectivity index (χ0v) is 10.2. The standard InChI is InChI=1S/C13H20N2O/c1-4-16-13-8-12(9-15-10-13)7-5-6-11(2)14-3/h5,7-11,14H,4,6H2,1-3H3/b7-5+/t11-/m1/s1. The van der Waals surface area contributed by atoms with E-state index < -0.39 is 0 Å². The van der Waals surface area contributed by atoms with Gasteiger partial charge in [0.15, 0.2) is 0 Å². The second kappa shape index (κ2) is 7.01. The smallest absolute Gasteiger partial charge is 0.138 e. The number of ether oxygens (including phenoxy) is 1. The highest BCUT2D eigenvalue weighted by molar-refractivity contribution is 5.49. The molecule has 3 nitrogen and oxygen atoms in total. The van der Waals surface area contributed by atoms with Gasteiger partial charge in [0.25, 0.3) is 0 Å². The van der Waals surface area contributed by atoms with Crippen LogP contribution in [0.25, 0.3) is 6.08 Å². The molecule has 0 aliphatic heterocycles. The van der Waals surface area contributed by atoms with Crippen molar-refractivity contribution < 1.29 is 4.74 Å². The van der Waals surface area contributed by atoms with Crippen LogP contribution in [0.2, 0.25) is 0 Å². The van der Waals surface area contributed by atoms with Gasteiger partial charge in [-0.05, 0) is 38.9 Å². The maximum Gasteiger partial charge on any atom is 0.138 e. The van der Waals surface area contributed by atoms with Gasteiger partial charge in [0.1, 0.15) is 5.75 Å². The number of hydrogen-bond acceptors (Lipinski definition) is 3. The second-order valence-electron chi connectivity index (χ2n) is 3.71. The first-order chi connectivity index (χ1) is 7.76. The van der Waals surface area contributed by atoms with E-state index in [0.717, 1.165) is 17.7 Å². The van der Waals surface area contributed by atoms with Gasteiger partial charge in [0, 0.05) is 12.2 Å². The zero-order valence-electron chi connectivity index (χ0n) is 10.2. The van der Waals surface area contributed by atoms with E-state index in [1.807, 2.05) is 26.2 Å². The largest absolute Gasteiger partial charge is 0.492 e. The molecule has 0 unspecified atom stereocenters. The van der Waals surface area contributed by atoms with Crippen molar-refractivity contribution in [2.45, 2.75) is 26.3 Å². The summed E-state index contributed by atoms with van der Waals surface area (Å²) in [6.45, 7) is 4.79. The summed E-state index contributed by atoms with van der Waals surface area (Å²) in [6.07, 6.45) is 8.80. The lowest BCUT2D eigenvalue weighted by Crippen LogP contribution is -2.19. The fourth-order valence-electron chi connectivity index (χ4n) is 1.30. The topological polar surface area (TPSA) is 34.1 Å². The van der Waals surface area contributed by atoms with Gasteiger partial charge in [0.05, 0.1) is 12.8 Å². The Hall–Kier alpha value is -1.35. The van der Waals surface area contributed by atoms with Crippen LogP contribution in [-0.2, 0) is 0 Å². The summed E-state index contributed by atoms with van der Waals surface area (Å²) in [5, 5.41) is 3.19. The number of aromatic nitrogens is 1. The SMILES string of the molecule is CCOc1cncc(/C=C/C[C@@H](C)NC)c1. The first-order valence-electron chi connectivity index (χ1n) is 5.68. The lowest BCUT2D eigenvalue weighted by molar-refractivity contribution is 0.339. The molecule has 1 rings (SSSR count). The molecule has 0 aliphatic carbocycles. The van der Waals surface area contributed by atoms with E-state index in [9.17, 15) is 0 Å². The summed E-state index contributed by atoms with van der Waals surface area (Å²) in [5.74, 6) is 0.825. The van der Waals surface area contributed by atoms with Crippen molar-refractivity contribution in [2.24, 2.45) is 0 Å². The zero-order chi connectivity index (χ0) is 11.8. The third kappa shape index (κ3) is 4.45. The van der Waals surface area contributed by atoms with Gasteiger partial charge >= 0.3 is 0 Å². The molecule has 1 heterocycles. The third-order valence-corrected chi connectivity index (χ3v) is 2.34. The minimum atomic E-state index is 0.499. The maximum absolute atomic E-state index is 5.39. The van der Waals surface area contributed by atoms with Crippen LogP contribution < -0.4 is 10.1 Å². The Balaban J connectivity index is 2.55. The molecule has 0 spiro atoms. The van der Waals surface area contributed by atoms with E-state index in [2.05, 4.69) is 29.4 Å². The molecule has 0 aliphatic rings. The molecule has 0 saturated carbocycles. The van der Waals surface area contributed by atoms with E-state index >= 15 is 0 Å². The number of pyridine rings is 1. The predicted molar refractivity (Wildman–Crippen MR) is 67.6 cm³/mol. The summed E-state index contributed by atoms with van der Waals surface area (Å²) in [5.41, 5.74) is 1.08. The summed E-state index contributed by atoms with van der Waals surface area (Å²) < 4.78 is 5.39. The van der Waals surface area contributed by atoms with Crippen LogP contribution in [0.3, 0.4) is 0 Å². The van der Waals surface area contributed by atoms with Gasteiger partial charge in [0.2, 0.25) is 0 Å². The molecular weight excluding hydrogens is 200 g/mol. The average Bonchev–Trinajstić information content (AvgIpc) is 2.30. The molecule has 0 amide bonds. The van der Waals surface area contributed by atoms with Gasteiger partial charge in [-0.3, -0.25) is 4.98 Å². The van der Waals surface area contributed by atoms with E-state index in [-0.39, 0.29) is 0 Å². The van der Waals surface area contributed by atoms with E-state index in [1.165, 1.54) is 0 Å². The van der Waals surface area contributed by atoms with Crippen molar-refractivity contribution >= 4 is 6.08 Å². The Morgan fingerprint density at radius 2 is 2.31 bits per heavy atom. The molecule has 1 atom stereocenters. The quantitative estimate of drug-likeness (QED) is 0.799. The monoisotopic (exact) mass is 220 g/mol. The number of nitrogens with zero attached hydrogens (tertiary/aromatic N) is 1. The maximum atomic E-state index is 5.39. The molecule has 0 aromatic carbocycles. The second-order valence-corrected chi connectivity index (χ2v) is 3.71. The minimum absolute atomic E-state index is 0.499. The Labute approximate surface area is 97.5 Å². The van der Waals surface area contributed by atoms with Crippen molar-refractivity contribution in [1.82, 2.24) is 10.3 Å². The Bertz CT molecular complexity index is 336. The highest BCUT2D eigenvalue weighted by atomic mass is 16.5. The number of nitrogens with one attached hydrogen (secondary N) is 1. The molecule has 0 saturated heterocycles. The average molecular weight is 220 g/mol. The first-order valence-corrected chi connectivity index (χ1v) is 5.68. The molecule has 0 radical (unpaired) electrons. The van der Waals surface area contributed by atoms with Gasteiger partial charge in [-0.15, -0.1) is 0 Å². The van der Waals surface area contributed by atoms with Crippen molar-refractivity contribution in [2.75, 3.05) is 13.7 Å². The lowest BCUT2D eigenvalue weighted by atomic mass is 10.2. The number of hydrogen-bond donors (Lipinski definition) is 1. The Morgan fingerprint density at radius 1 is 1.50 bits per heavy atom. The van der Waals surface area contributed by atoms with E-state index in [0.29, 0.717) is 12.6 Å². The molecule has 3 heteroatoms. The first kappa shape index (κ1) is 12.7. The highest BCUT2D eigenvalue weighted by Crippen LogP contribution is 2.12. The van der Waals surface area contributed by atoms with Crippen LogP contribution in [0.1, 0.15) is 25.8 Å². The molecule has 88 valence electrons. The fourth-order valence-corrected chi connectivity index (χ4v) is 1.30. The molecule has 16 heavy (non-hydrogen) atoms. The summed E-state index contributed by atoms with van der Waals surface area (Å²) >= 11 is 0. The summed E-state index contributed by atoms with van der Waals surface area (Å²) in [4.78, 5) is 4.13. The molecule has 0 fully saturated rings. The molecule has 1 aromatic heterocycles.